The van der Waals surface area contributed by atoms with Crippen LogP contribution in [0.4, 0.5) is 0 Å². The molecule has 2 aromatic carbocycles. The van der Waals surface area contributed by atoms with Gasteiger partial charge in [-0.1, -0.05) is 29.8 Å². The summed E-state index contributed by atoms with van der Waals surface area (Å²) in [5, 5.41) is 6.46. The number of carbonyl (C=O) groups is 2. The summed E-state index contributed by atoms with van der Waals surface area (Å²) in [5.74, 6) is -0.827. The number of carbonyl (C=O) groups excluding carboxylic acids is 2. The first-order valence-corrected chi connectivity index (χ1v) is 8.27. The summed E-state index contributed by atoms with van der Waals surface area (Å²) in [4.78, 5) is 36.0. The zero-order valence-electron chi connectivity index (χ0n) is 13.6. The van der Waals surface area contributed by atoms with Gasteiger partial charge < -0.3 is 15.1 Å². The fourth-order valence-corrected chi connectivity index (χ4v) is 2.50. The van der Waals surface area contributed by atoms with Crippen LogP contribution in [0.3, 0.4) is 0 Å². The molecule has 132 valence electrons. The maximum atomic E-state index is 12.2. The molecule has 0 radical (unpaired) electrons. The van der Waals surface area contributed by atoms with Crippen LogP contribution >= 0.6 is 11.6 Å². The molecule has 0 atom stereocenters. The Morgan fingerprint density at radius 3 is 2.31 bits per heavy atom. The molecule has 26 heavy (non-hydrogen) atoms. The zero-order valence-corrected chi connectivity index (χ0v) is 14.4. The number of fused-ring (bicyclic) bond motifs is 1. The molecular weight excluding hydrogens is 356 g/mol. The minimum absolute atomic E-state index is 0.0762. The Labute approximate surface area is 153 Å². The smallest absolute Gasteiger partial charge is 0.349 e. The van der Waals surface area contributed by atoms with Crippen molar-refractivity contribution >= 4 is 34.4 Å². The minimum atomic E-state index is -0.702. The van der Waals surface area contributed by atoms with E-state index >= 15 is 0 Å². The van der Waals surface area contributed by atoms with Gasteiger partial charge in [0, 0.05) is 29.1 Å². The third-order valence-corrected chi connectivity index (χ3v) is 3.94. The van der Waals surface area contributed by atoms with E-state index in [9.17, 15) is 14.4 Å². The van der Waals surface area contributed by atoms with E-state index in [2.05, 4.69) is 10.6 Å². The Morgan fingerprint density at radius 2 is 1.58 bits per heavy atom. The van der Waals surface area contributed by atoms with Gasteiger partial charge in [0.1, 0.15) is 11.1 Å². The third-order valence-electron chi connectivity index (χ3n) is 3.69. The van der Waals surface area contributed by atoms with Crippen LogP contribution in [0.2, 0.25) is 5.02 Å². The van der Waals surface area contributed by atoms with Gasteiger partial charge in [0.2, 0.25) is 0 Å². The van der Waals surface area contributed by atoms with E-state index in [1.807, 2.05) is 0 Å². The van der Waals surface area contributed by atoms with Crippen LogP contribution in [-0.4, -0.2) is 24.9 Å². The van der Waals surface area contributed by atoms with Crippen molar-refractivity contribution in [3.63, 3.8) is 0 Å². The van der Waals surface area contributed by atoms with Gasteiger partial charge in [-0.25, -0.2) is 4.79 Å². The second-order valence-corrected chi connectivity index (χ2v) is 5.94. The number of benzene rings is 2. The van der Waals surface area contributed by atoms with Gasteiger partial charge in [-0.2, -0.15) is 0 Å². The fourth-order valence-electron chi connectivity index (χ4n) is 2.37. The fraction of sp³-hybridized carbons (Fsp3) is 0.105. The number of amides is 2. The van der Waals surface area contributed by atoms with Crippen LogP contribution < -0.4 is 16.3 Å². The molecule has 0 bridgehead atoms. The lowest BCUT2D eigenvalue weighted by Gasteiger charge is -2.07. The largest absolute Gasteiger partial charge is 0.422 e. The molecule has 0 spiro atoms. The van der Waals surface area contributed by atoms with E-state index in [-0.39, 0.29) is 24.6 Å². The van der Waals surface area contributed by atoms with Gasteiger partial charge >= 0.3 is 5.63 Å². The molecule has 0 aliphatic heterocycles. The van der Waals surface area contributed by atoms with Crippen LogP contribution in [0.5, 0.6) is 0 Å². The highest BCUT2D eigenvalue weighted by Gasteiger charge is 2.13. The first-order valence-electron chi connectivity index (χ1n) is 7.89. The van der Waals surface area contributed by atoms with Crippen LogP contribution in [-0.2, 0) is 0 Å². The molecule has 0 saturated carbocycles. The second-order valence-electron chi connectivity index (χ2n) is 5.50. The average Bonchev–Trinajstić information content (AvgIpc) is 2.64. The number of nitrogens with one attached hydrogen (secondary N) is 2. The molecule has 2 N–H and O–H groups in total. The molecule has 0 aliphatic rings. The van der Waals surface area contributed by atoms with E-state index in [1.165, 1.54) is 6.07 Å². The second kappa shape index (κ2) is 7.84. The average molecular weight is 371 g/mol. The van der Waals surface area contributed by atoms with Crippen molar-refractivity contribution in [3.05, 3.63) is 81.2 Å². The maximum absolute atomic E-state index is 12.2. The number of hydrogen-bond acceptors (Lipinski definition) is 4. The van der Waals surface area contributed by atoms with Crippen molar-refractivity contribution in [2.75, 3.05) is 13.1 Å². The quantitative estimate of drug-likeness (QED) is 0.533. The van der Waals surface area contributed by atoms with Crippen LogP contribution in [0.25, 0.3) is 11.0 Å². The van der Waals surface area contributed by atoms with Crippen LogP contribution in [0, 0.1) is 0 Å². The van der Waals surface area contributed by atoms with E-state index in [0.717, 1.165) is 0 Å². The lowest BCUT2D eigenvalue weighted by atomic mass is 10.2. The van der Waals surface area contributed by atoms with Gasteiger partial charge in [-0.15, -0.1) is 0 Å². The lowest BCUT2D eigenvalue weighted by molar-refractivity contribution is 0.0925. The topological polar surface area (TPSA) is 88.4 Å². The lowest BCUT2D eigenvalue weighted by Crippen LogP contribution is -2.36. The Balaban J connectivity index is 1.56. The van der Waals surface area contributed by atoms with Gasteiger partial charge in [0.25, 0.3) is 11.8 Å². The minimum Gasteiger partial charge on any atom is -0.422 e. The molecule has 3 rings (SSSR count). The van der Waals surface area contributed by atoms with Crippen LogP contribution in [0.1, 0.15) is 20.7 Å². The molecular formula is C19H15ClN2O4. The highest BCUT2D eigenvalue weighted by molar-refractivity contribution is 6.30. The van der Waals surface area contributed by atoms with E-state index in [0.29, 0.717) is 21.6 Å². The Morgan fingerprint density at radius 1 is 0.923 bits per heavy atom. The van der Waals surface area contributed by atoms with Gasteiger partial charge in [-0.3, -0.25) is 9.59 Å². The summed E-state index contributed by atoms with van der Waals surface area (Å²) in [6.45, 7) is 0.385. The Bertz CT molecular complexity index is 1010. The SMILES string of the molecule is O=C(NCCNC(=O)c1cc2ccccc2oc1=O)c1ccc(Cl)cc1. The summed E-state index contributed by atoms with van der Waals surface area (Å²) < 4.78 is 5.13. The van der Waals surface area contributed by atoms with Crippen molar-refractivity contribution in [2.45, 2.75) is 0 Å². The zero-order chi connectivity index (χ0) is 18.5. The molecule has 0 saturated heterocycles. The summed E-state index contributed by atoms with van der Waals surface area (Å²) >= 11 is 5.77. The van der Waals surface area contributed by atoms with Crippen molar-refractivity contribution in [1.29, 1.82) is 0 Å². The monoisotopic (exact) mass is 370 g/mol. The van der Waals surface area contributed by atoms with Crippen LogP contribution in [0.15, 0.2) is 63.8 Å². The van der Waals surface area contributed by atoms with Crippen molar-refractivity contribution < 1.29 is 14.0 Å². The van der Waals surface area contributed by atoms with Gasteiger partial charge in [-0.05, 0) is 36.4 Å². The number of halogens is 1. The highest BCUT2D eigenvalue weighted by atomic mass is 35.5. The maximum Gasteiger partial charge on any atom is 0.349 e. The summed E-state index contributed by atoms with van der Waals surface area (Å²) in [5.41, 5.74) is 0.110. The van der Waals surface area contributed by atoms with E-state index < -0.39 is 11.5 Å². The summed E-state index contributed by atoms with van der Waals surface area (Å²) in [7, 11) is 0. The molecule has 1 heterocycles. The third kappa shape index (κ3) is 4.10. The predicted molar refractivity (Wildman–Crippen MR) is 98.6 cm³/mol. The molecule has 1 aromatic heterocycles. The summed E-state index contributed by atoms with van der Waals surface area (Å²) in [6.07, 6.45) is 0. The molecule has 3 aromatic rings. The van der Waals surface area contributed by atoms with Crippen molar-refractivity contribution in [1.82, 2.24) is 10.6 Å². The molecule has 0 fully saturated rings. The molecule has 6 nitrogen and oxygen atoms in total. The van der Waals surface area contributed by atoms with Crippen molar-refractivity contribution in [3.8, 4) is 0 Å². The van der Waals surface area contributed by atoms with E-state index in [4.69, 9.17) is 16.0 Å². The van der Waals surface area contributed by atoms with Gasteiger partial charge in [0.05, 0.1) is 0 Å². The standard InChI is InChI=1S/C19H15ClN2O4/c20-14-7-5-12(6-8-14)17(23)21-9-10-22-18(24)15-11-13-3-1-2-4-16(13)26-19(15)25/h1-8,11H,9-10H2,(H,21,23)(H,22,24). The normalized spacial score (nSPS) is 10.5. The number of para-hydroxylation sites is 1. The molecule has 7 heteroatoms. The van der Waals surface area contributed by atoms with Crippen molar-refractivity contribution in [2.24, 2.45) is 0 Å². The Kier molecular flexibility index (Phi) is 5.34. The molecule has 0 unspecified atom stereocenters. The highest BCUT2D eigenvalue weighted by Crippen LogP contribution is 2.12. The summed E-state index contributed by atoms with van der Waals surface area (Å²) in [6, 6.07) is 14.9. The Hall–Kier alpha value is -3.12. The van der Waals surface area contributed by atoms with E-state index in [1.54, 1.807) is 48.5 Å². The molecule has 2 amide bonds. The number of hydrogen-bond donors (Lipinski definition) is 2. The number of rotatable bonds is 5. The first-order chi connectivity index (χ1) is 12.5. The first kappa shape index (κ1) is 17.7. The van der Waals surface area contributed by atoms with Gasteiger partial charge in [0.15, 0.2) is 0 Å². The predicted octanol–water partition coefficient (Wildman–Crippen LogP) is 2.61. The molecule has 0 aliphatic carbocycles.